The number of rotatable bonds is 4. The zero-order chi connectivity index (χ0) is 15.5. The standard InChI is InChI=1S/C18H24N2O2/c1-12-11-17(19-14-8-5-4-7-13(12)14)20-18-15(21-2)9-6-10-16(18)22-3/h4-5,7-8,11,15-16,18H,6,9-10H2,1-3H3,(H,19,20). The number of fused-ring (bicyclic) bond motifs is 1. The Labute approximate surface area is 131 Å². The summed E-state index contributed by atoms with van der Waals surface area (Å²) in [6.45, 7) is 2.12. The van der Waals surface area contributed by atoms with Crippen molar-refractivity contribution in [1.29, 1.82) is 0 Å². The van der Waals surface area contributed by atoms with E-state index in [4.69, 9.17) is 14.5 Å². The van der Waals surface area contributed by atoms with Crippen LogP contribution >= 0.6 is 0 Å². The van der Waals surface area contributed by atoms with E-state index < -0.39 is 0 Å². The smallest absolute Gasteiger partial charge is 0.127 e. The van der Waals surface area contributed by atoms with Gasteiger partial charge in [-0.1, -0.05) is 18.2 Å². The zero-order valence-corrected chi connectivity index (χ0v) is 13.5. The number of para-hydroxylation sites is 1. The Balaban J connectivity index is 1.90. The SMILES string of the molecule is COC1CCCC(OC)C1Nc1cc(C)c2ccccc2n1. The maximum Gasteiger partial charge on any atom is 0.127 e. The van der Waals surface area contributed by atoms with Gasteiger partial charge in [0, 0.05) is 19.6 Å². The molecule has 0 amide bonds. The molecule has 0 aliphatic heterocycles. The van der Waals surface area contributed by atoms with Crippen molar-refractivity contribution in [3.63, 3.8) is 0 Å². The second-order valence-electron chi connectivity index (χ2n) is 5.99. The lowest BCUT2D eigenvalue weighted by Crippen LogP contribution is -2.48. The Morgan fingerprint density at radius 2 is 1.77 bits per heavy atom. The van der Waals surface area contributed by atoms with Crippen LogP contribution in [0.3, 0.4) is 0 Å². The molecule has 1 heterocycles. The fourth-order valence-corrected chi connectivity index (χ4v) is 3.43. The van der Waals surface area contributed by atoms with E-state index in [0.29, 0.717) is 0 Å². The van der Waals surface area contributed by atoms with Gasteiger partial charge in [0.15, 0.2) is 0 Å². The molecular formula is C18H24N2O2. The zero-order valence-electron chi connectivity index (χ0n) is 13.5. The number of nitrogens with zero attached hydrogens (tertiary/aromatic N) is 1. The van der Waals surface area contributed by atoms with E-state index >= 15 is 0 Å². The summed E-state index contributed by atoms with van der Waals surface area (Å²) < 4.78 is 11.3. The topological polar surface area (TPSA) is 43.4 Å². The molecule has 0 bridgehead atoms. The van der Waals surface area contributed by atoms with E-state index in [0.717, 1.165) is 30.6 Å². The molecule has 1 fully saturated rings. The number of aromatic nitrogens is 1. The first-order chi connectivity index (χ1) is 10.7. The van der Waals surface area contributed by atoms with Crippen LogP contribution in [0.1, 0.15) is 24.8 Å². The number of methoxy groups -OCH3 is 2. The number of hydrogen-bond acceptors (Lipinski definition) is 4. The number of ether oxygens (including phenoxy) is 2. The minimum atomic E-state index is 0.136. The van der Waals surface area contributed by atoms with Gasteiger partial charge in [0.05, 0.1) is 23.8 Å². The molecule has 2 aromatic rings. The summed E-state index contributed by atoms with van der Waals surface area (Å²) in [6, 6.07) is 10.5. The van der Waals surface area contributed by atoms with Crippen molar-refractivity contribution < 1.29 is 9.47 Å². The third-order valence-electron chi connectivity index (χ3n) is 4.62. The lowest BCUT2D eigenvalue weighted by Gasteiger charge is -2.37. The highest BCUT2D eigenvalue weighted by atomic mass is 16.5. The molecule has 1 N–H and O–H groups in total. The molecule has 2 atom stereocenters. The predicted octanol–water partition coefficient (Wildman–Crippen LogP) is 3.54. The van der Waals surface area contributed by atoms with Crippen molar-refractivity contribution >= 4 is 16.7 Å². The van der Waals surface area contributed by atoms with Gasteiger partial charge in [-0.05, 0) is 43.9 Å². The van der Waals surface area contributed by atoms with Gasteiger partial charge < -0.3 is 14.8 Å². The summed E-state index contributed by atoms with van der Waals surface area (Å²) in [6.07, 6.45) is 3.57. The van der Waals surface area contributed by atoms with Gasteiger partial charge >= 0.3 is 0 Å². The fraction of sp³-hybridized carbons (Fsp3) is 0.500. The highest BCUT2D eigenvalue weighted by molar-refractivity contribution is 5.83. The molecule has 118 valence electrons. The number of pyridine rings is 1. The molecule has 0 saturated heterocycles. The predicted molar refractivity (Wildman–Crippen MR) is 89.3 cm³/mol. The second kappa shape index (κ2) is 6.63. The van der Waals surface area contributed by atoms with E-state index in [1.54, 1.807) is 14.2 Å². The van der Waals surface area contributed by atoms with Crippen molar-refractivity contribution in [2.45, 2.75) is 44.4 Å². The van der Waals surface area contributed by atoms with Crippen LogP contribution in [0.15, 0.2) is 30.3 Å². The van der Waals surface area contributed by atoms with Crippen LogP contribution in [0, 0.1) is 6.92 Å². The Morgan fingerprint density at radius 3 is 2.45 bits per heavy atom. The van der Waals surface area contributed by atoms with Gasteiger partial charge in [-0.2, -0.15) is 0 Å². The average molecular weight is 300 g/mol. The molecule has 2 unspecified atom stereocenters. The molecule has 4 nitrogen and oxygen atoms in total. The monoisotopic (exact) mass is 300 g/mol. The van der Waals surface area contributed by atoms with Gasteiger partial charge in [-0.15, -0.1) is 0 Å². The molecule has 1 saturated carbocycles. The first-order valence-electron chi connectivity index (χ1n) is 7.91. The summed E-state index contributed by atoms with van der Waals surface area (Å²) in [5.41, 5.74) is 2.25. The Kier molecular flexibility index (Phi) is 4.60. The van der Waals surface area contributed by atoms with Crippen molar-refractivity contribution in [2.24, 2.45) is 0 Å². The molecular weight excluding hydrogens is 276 g/mol. The highest BCUT2D eigenvalue weighted by Gasteiger charge is 2.33. The molecule has 1 aromatic carbocycles. The van der Waals surface area contributed by atoms with Crippen LogP contribution in [0.4, 0.5) is 5.82 Å². The highest BCUT2D eigenvalue weighted by Crippen LogP contribution is 2.27. The van der Waals surface area contributed by atoms with Crippen LogP contribution in [0.25, 0.3) is 10.9 Å². The van der Waals surface area contributed by atoms with Crippen LogP contribution < -0.4 is 5.32 Å². The van der Waals surface area contributed by atoms with Crippen molar-refractivity contribution in [1.82, 2.24) is 4.98 Å². The molecule has 1 aromatic heterocycles. The Bertz CT molecular complexity index is 632. The third-order valence-corrected chi connectivity index (χ3v) is 4.62. The van der Waals surface area contributed by atoms with Gasteiger partial charge in [-0.25, -0.2) is 4.98 Å². The van der Waals surface area contributed by atoms with E-state index in [1.165, 1.54) is 10.9 Å². The molecule has 1 aliphatic rings. The lowest BCUT2D eigenvalue weighted by atomic mass is 9.89. The van der Waals surface area contributed by atoms with Crippen LogP contribution in [-0.2, 0) is 9.47 Å². The largest absolute Gasteiger partial charge is 0.379 e. The number of aryl methyl sites for hydroxylation is 1. The average Bonchev–Trinajstić information content (AvgIpc) is 2.55. The van der Waals surface area contributed by atoms with E-state index in [9.17, 15) is 0 Å². The molecule has 0 spiro atoms. The van der Waals surface area contributed by atoms with Crippen molar-refractivity contribution in [2.75, 3.05) is 19.5 Å². The first-order valence-corrected chi connectivity index (χ1v) is 7.91. The third kappa shape index (κ3) is 2.94. The Morgan fingerprint density at radius 1 is 1.09 bits per heavy atom. The molecule has 1 aliphatic carbocycles. The van der Waals surface area contributed by atoms with Crippen LogP contribution in [0.2, 0.25) is 0 Å². The summed E-state index contributed by atoms with van der Waals surface area (Å²) in [4.78, 5) is 4.75. The molecule has 4 heteroatoms. The van der Waals surface area contributed by atoms with E-state index in [-0.39, 0.29) is 18.2 Å². The van der Waals surface area contributed by atoms with Gasteiger partial charge in [-0.3, -0.25) is 0 Å². The van der Waals surface area contributed by atoms with E-state index in [1.807, 2.05) is 12.1 Å². The van der Waals surface area contributed by atoms with E-state index in [2.05, 4.69) is 30.4 Å². The molecule has 22 heavy (non-hydrogen) atoms. The van der Waals surface area contributed by atoms with Crippen molar-refractivity contribution in [3.05, 3.63) is 35.9 Å². The van der Waals surface area contributed by atoms with Gasteiger partial charge in [0.25, 0.3) is 0 Å². The fourth-order valence-electron chi connectivity index (χ4n) is 3.43. The minimum absolute atomic E-state index is 0.136. The van der Waals surface area contributed by atoms with Gasteiger partial charge in [0.2, 0.25) is 0 Å². The molecule has 0 radical (unpaired) electrons. The van der Waals surface area contributed by atoms with Crippen molar-refractivity contribution in [3.8, 4) is 0 Å². The lowest BCUT2D eigenvalue weighted by molar-refractivity contribution is -0.0211. The number of hydrogen-bond donors (Lipinski definition) is 1. The van der Waals surface area contributed by atoms with Gasteiger partial charge in [0.1, 0.15) is 5.82 Å². The summed E-state index contributed by atoms with van der Waals surface area (Å²) in [5, 5.41) is 4.75. The number of benzene rings is 1. The normalized spacial score (nSPS) is 25.3. The van der Waals surface area contributed by atoms with Crippen LogP contribution in [-0.4, -0.2) is 37.5 Å². The maximum absolute atomic E-state index is 5.66. The van der Waals surface area contributed by atoms with Crippen LogP contribution in [0.5, 0.6) is 0 Å². The molecule has 3 rings (SSSR count). The first kappa shape index (κ1) is 15.3. The second-order valence-corrected chi connectivity index (χ2v) is 5.99. The Hall–Kier alpha value is -1.65. The number of nitrogens with one attached hydrogen (secondary N) is 1. The number of anilines is 1. The summed E-state index contributed by atoms with van der Waals surface area (Å²) >= 11 is 0. The summed E-state index contributed by atoms with van der Waals surface area (Å²) in [5.74, 6) is 0.896. The minimum Gasteiger partial charge on any atom is -0.379 e. The quantitative estimate of drug-likeness (QED) is 0.938. The maximum atomic E-state index is 5.66. The summed E-state index contributed by atoms with van der Waals surface area (Å²) in [7, 11) is 3.55.